The van der Waals surface area contributed by atoms with Crippen molar-refractivity contribution < 1.29 is 32.3 Å². The molecule has 0 aliphatic carbocycles. The van der Waals surface area contributed by atoms with Gasteiger partial charge in [0.15, 0.2) is 6.61 Å². The van der Waals surface area contributed by atoms with Crippen LogP contribution in [0.5, 0.6) is 0 Å². The summed E-state index contributed by atoms with van der Waals surface area (Å²) in [7, 11) is -4.00. The minimum Gasteiger partial charge on any atom is -0.452 e. The molecule has 2 aromatic carbocycles. The van der Waals surface area contributed by atoms with Crippen LogP contribution >= 0.6 is 0 Å². The van der Waals surface area contributed by atoms with Gasteiger partial charge in [0, 0.05) is 0 Å². The highest BCUT2D eigenvalue weighted by atomic mass is 32.2. The molecular formula is C21H24N2O7S. The van der Waals surface area contributed by atoms with Gasteiger partial charge in [-0.1, -0.05) is 29.8 Å². The van der Waals surface area contributed by atoms with E-state index in [4.69, 9.17) is 4.74 Å². The minimum absolute atomic E-state index is 0.00215. The first-order valence-corrected chi connectivity index (χ1v) is 10.9. The molecule has 0 aromatic heterocycles. The molecule has 10 heteroatoms. The van der Waals surface area contributed by atoms with Gasteiger partial charge in [0.1, 0.15) is 0 Å². The summed E-state index contributed by atoms with van der Waals surface area (Å²) in [6.45, 7) is 6.16. The van der Waals surface area contributed by atoms with Crippen LogP contribution in [0.4, 0.5) is 10.5 Å². The summed E-state index contributed by atoms with van der Waals surface area (Å²) >= 11 is 0. The van der Waals surface area contributed by atoms with Crippen molar-refractivity contribution in [1.82, 2.24) is 5.32 Å². The highest BCUT2D eigenvalue weighted by Crippen LogP contribution is 2.26. The Morgan fingerprint density at radius 2 is 1.58 bits per heavy atom. The third-order valence-corrected chi connectivity index (χ3v) is 5.79. The van der Waals surface area contributed by atoms with Gasteiger partial charge in [-0.15, -0.1) is 0 Å². The fourth-order valence-corrected chi connectivity index (χ4v) is 4.60. The maximum atomic E-state index is 13.0. The van der Waals surface area contributed by atoms with Crippen LogP contribution in [0, 0.1) is 20.8 Å². The number of imide groups is 1. The number of carbonyl (C=O) groups excluding carboxylic acids is 3. The van der Waals surface area contributed by atoms with Gasteiger partial charge in [-0.25, -0.2) is 18.0 Å². The number of benzene rings is 2. The number of rotatable bonds is 7. The lowest BCUT2D eigenvalue weighted by molar-refractivity contribution is -0.123. The summed E-state index contributed by atoms with van der Waals surface area (Å²) in [5.41, 5.74) is 1.98. The van der Waals surface area contributed by atoms with Crippen molar-refractivity contribution in [2.75, 3.05) is 17.9 Å². The van der Waals surface area contributed by atoms with Crippen LogP contribution in [0.25, 0.3) is 0 Å². The predicted octanol–water partition coefficient (Wildman–Crippen LogP) is 2.84. The average Bonchev–Trinajstić information content (AvgIpc) is 2.65. The summed E-state index contributed by atoms with van der Waals surface area (Å²) in [4.78, 5) is 35.4. The standard InChI is InChI=1S/C21H24N2O7S/c1-5-29-21(26)22-18(24)12-30-20(25)16-8-6-7-9-17(16)23-31(27,28)19-14(3)10-13(2)11-15(19)4/h6-11,23H,5,12H2,1-4H3,(H,22,24,26). The summed E-state index contributed by atoms with van der Waals surface area (Å²) in [6, 6.07) is 9.35. The van der Waals surface area contributed by atoms with Crippen molar-refractivity contribution in [3.05, 3.63) is 58.7 Å². The van der Waals surface area contributed by atoms with Gasteiger partial charge in [-0.3, -0.25) is 14.8 Å². The lowest BCUT2D eigenvalue weighted by atomic mass is 10.1. The zero-order chi connectivity index (χ0) is 23.2. The molecule has 2 N–H and O–H groups in total. The van der Waals surface area contributed by atoms with Crippen LogP contribution in [0.2, 0.25) is 0 Å². The van der Waals surface area contributed by atoms with Crippen molar-refractivity contribution >= 4 is 33.7 Å². The lowest BCUT2D eigenvalue weighted by Crippen LogP contribution is -2.34. The Balaban J connectivity index is 2.20. The van der Waals surface area contributed by atoms with Crippen LogP contribution in [-0.2, 0) is 24.3 Å². The average molecular weight is 448 g/mol. The summed E-state index contributed by atoms with van der Waals surface area (Å²) in [6.07, 6.45) is -0.958. The second kappa shape index (κ2) is 10.1. The Kier molecular flexibility index (Phi) is 7.76. The molecule has 0 aliphatic heterocycles. The van der Waals surface area contributed by atoms with Gasteiger partial charge in [0.05, 0.1) is 22.8 Å². The number of para-hydroxylation sites is 1. The van der Waals surface area contributed by atoms with E-state index in [0.717, 1.165) is 5.56 Å². The minimum atomic E-state index is -4.00. The maximum absolute atomic E-state index is 13.0. The number of alkyl carbamates (subject to hydrolysis) is 1. The summed E-state index contributed by atoms with van der Waals surface area (Å²) in [5, 5.41) is 1.89. The first-order valence-electron chi connectivity index (χ1n) is 9.38. The van der Waals surface area contributed by atoms with Crippen molar-refractivity contribution in [2.45, 2.75) is 32.6 Å². The molecule has 0 fully saturated rings. The number of hydrogen-bond donors (Lipinski definition) is 2. The zero-order valence-corrected chi connectivity index (χ0v) is 18.5. The molecule has 0 atom stereocenters. The fraction of sp³-hybridized carbons (Fsp3) is 0.286. The predicted molar refractivity (Wildman–Crippen MR) is 113 cm³/mol. The van der Waals surface area contributed by atoms with E-state index in [9.17, 15) is 22.8 Å². The Morgan fingerprint density at radius 3 is 2.19 bits per heavy atom. The number of amides is 2. The van der Waals surface area contributed by atoms with E-state index < -0.39 is 34.6 Å². The zero-order valence-electron chi connectivity index (χ0n) is 17.6. The van der Waals surface area contributed by atoms with Gasteiger partial charge >= 0.3 is 12.1 Å². The molecule has 0 spiro atoms. The van der Waals surface area contributed by atoms with Gasteiger partial charge in [0.25, 0.3) is 15.9 Å². The molecule has 9 nitrogen and oxygen atoms in total. The van der Waals surface area contributed by atoms with Crippen molar-refractivity contribution in [1.29, 1.82) is 0 Å². The molecule has 2 rings (SSSR count). The van der Waals surface area contributed by atoms with E-state index in [1.165, 1.54) is 18.2 Å². The summed E-state index contributed by atoms with van der Waals surface area (Å²) in [5.74, 6) is -1.81. The third-order valence-electron chi connectivity index (χ3n) is 4.12. The van der Waals surface area contributed by atoms with E-state index in [1.807, 2.05) is 12.2 Å². The Bertz CT molecular complexity index is 1090. The number of aryl methyl sites for hydroxylation is 3. The number of ether oxygens (including phenoxy) is 2. The number of carbonyl (C=O) groups is 3. The van der Waals surface area contributed by atoms with Crippen LogP contribution in [-0.4, -0.2) is 39.6 Å². The normalized spacial score (nSPS) is 10.8. The number of hydrogen-bond acceptors (Lipinski definition) is 7. The monoisotopic (exact) mass is 448 g/mol. The Labute approximate surface area is 180 Å². The van der Waals surface area contributed by atoms with Crippen LogP contribution < -0.4 is 10.0 Å². The SMILES string of the molecule is CCOC(=O)NC(=O)COC(=O)c1ccccc1NS(=O)(=O)c1c(C)cc(C)cc1C. The van der Waals surface area contributed by atoms with E-state index in [2.05, 4.69) is 9.46 Å². The molecule has 0 saturated carbocycles. The molecule has 0 bridgehead atoms. The molecule has 0 radical (unpaired) electrons. The third kappa shape index (κ3) is 6.29. The molecule has 0 aliphatic rings. The Morgan fingerprint density at radius 1 is 0.968 bits per heavy atom. The molecule has 2 amide bonds. The quantitative estimate of drug-likeness (QED) is 0.623. The van der Waals surface area contributed by atoms with E-state index in [0.29, 0.717) is 11.1 Å². The van der Waals surface area contributed by atoms with Gasteiger partial charge < -0.3 is 9.47 Å². The summed E-state index contributed by atoms with van der Waals surface area (Å²) < 4.78 is 37.9. The molecule has 166 valence electrons. The molecular weight excluding hydrogens is 424 g/mol. The smallest absolute Gasteiger partial charge is 0.413 e. The number of anilines is 1. The number of nitrogens with one attached hydrogen (secondary N) is 2. The first kappa shape index (κ1) is 23.9. The maximum Gasteiger partial charge on any atom is 0.413 e. The van der Waals surface area contributed by atoms with Gasteiger partial charge in [-0.2, -0.15) is 0 Å². The van der Waals surface area contributed by atoms with Crippen molar-refractivity contribution in [2.24, 2.45) is 0 Å². The molecule has 0 heterocycles. The highest BCUT2D eigenvalue weighted by molar-refractivity contribution is 7.92. The van der Waals surface area contributed by atoms with E-state index >= 15 is 0 Å². The van der Waals surface area contributed by atoms with Gasteiger partial charge in [0.2, 0.25) is 0 Å². The number of esters is 1. The molecule has 31 heavy (non-hydrogen) atoms. The van der Waals surface area contributed by atoms with Crippen LogP contribution in [0.3, 0.4) is 0 Å². The molecule has 0 unspecified atom stereocenters. The molecule has 2 aromatic rings. The van der Waals surface area contributed by atoms with Gasteiger partial charge in [-0.05, 0) is 51.0 Å². The fourth-order valence-electron chi connectivity index (χ4n) is 3.06. The van der Waals surface area contributed by atoms with E-state index in [1.54, 1.807) is 39.0 Å². The largest absolute Gasteiger partial charge is 0.452 e. The number of sulfonamides is 1. The second-order valence-corrected chi connectivity index (χ2v) is 8.34. The van der Waals surface area contributed by atoms with Crippen LogP contribution in [0.15, 0.2) is 41.3 Å². The van der Waals surface area contributed by atoms with Crippen molar-refractivity contribution in [3.8, 4) is 0 Å². The van der Waals surface area contributed by atoms with E-state index in [-0.39, 0.29) is 22.8 Å². The topological polar surface area (TPSA) is 128 Å². The van der Waals surface area contributed by atoms with Crippen LogP contribution in [0.1, 0.15) is 34.0 Å². The Hall–Kier alpha value is -3.40. The van der Waals surface area contributed by atoms with Crippen molar-refractivity contribution in [3.63, 3.8) is 0 Å². The molecule has 0 saturated heterocycles. The second-order valence-electron chi connectivity index (χ2n) is 6.72. The lowest BCUT2D eigenvalue weighted by Gasteiger charge is -2.15. The highest BCUT2D eigenvalue weighted by Gasteiger charge is 2.23. The first-order chi connectivity index (χ1) is 14.5.